The Morgan fingerprint density at radius 1 is 1.25 bits per heavy atom. The van der Waals surface area contributed by atoms with Crippen LogP contribution in [0.2, 0.25) is 0 Å². The Balaban J connectivity index is 1.37. The molecule has 1 N–H and O–H groups in total. The first-order valence-corrected chi connectivity index (χ1v) is 9.87. The van der Waals surface area contributed by atoms with E-state index in [1.165, 1.54) is 0 Å². The lowest BCUT2D eigenvalue weighted by Gasteiger charge is -2.36. The summed E-state index contributed by atoms with van der Waals surface area (Å²) < 4.78 is 1.71. The fourth-order valence-electron chi connectivity index (χ4n) is 4.00. The molecule has 2 aliphatic heterocycles. The van der Waals surface area contributed by atoms with Crippen molar-refractivity contribution in [1.29, 1.82) is 0 Å². The van der Waals surface area contributed by atoms with Crippen LogP contribution in [0.4, 0.5) is 10.5 Å². The molecular formula is C19H25N7O2. The number of rotatable bonds is 4. The summed E-state index contributed by atoms with van der Waals surface area (Å²) in [6.45, 7) is 4.83. The van der Waals surface area contributed by atoms with Crippen molar-refractivity contribution in [2.24, 2.45) is 0 Å². The Morgan fingerprint density at radius 2 is 2.07 bits per heavy atom. The lowest BCUT2D eigenvalue weighted by molar-refractivity contribution is -0.130. The van der Waals surface area contributed by atoms with Crippen molar-refractivity contribution in [1.82, 2.24) is 30.0 Å². The molecule has 9 heteroatoms. The smallest absolute Gasteiger partial charge is 0.321 e. The zero-order chi connectivity index (χ0) is 19.5. The molecule has 148 valence electrons. The maximum absolute atomic E-state index is 12.7. The molecule has 2 aliphatic rings. The zero-order valence-corrected chi connectivity index (χ0v) is 16.0. The summed E-state index contributed by atoms with van der Waals surface area (Å²) in [6, 6.07) is 7.70. The van der Waals surface area contributed by atoms with E-state index in [0.29, 0.717) is 37.6 Å². The van der Waals surface area contributed by atoms with Gasteiger partial charge >= 0.3 is 6.03 Å². The van der Waals surface area contributed by atoms with Gasteiger partial charge in [0.15, 0.2) is 5.82 Å². The quantitative estimate of drug-likeness (QED) is 0.871. The van der Waals surface area contributed by atoms with Crippen LogP contribution >= 0.6 is 0 Å². The SMILES string of the molecule is CCn1nnnc1-c1cccc(NC(=O)N2CCC(N3CCCC3=O)CC2)c1. The summed E-state index contributed by atoms with van der Waals surface area (Å²) in [6.07, 6.45) is 3.30. The van der Waals surface area contributed by atoms with Gasteiger partial charge in [-0.15, -0.1) is 5.10 Å². The summed E-state index contributed by atoms with van der Waals surface area (Å²) in [7, 11) is 0. The lowest BCUT2D eigenvalue weighted by atomic mass is 10.0. The molecule has 1 aromatic carbocycles. The van der Waals surface area contributed by atoms with Crippen molar-refractivity contribution in [2.75, 3.05) is 25.0 Å². The van der Waals surface area contributed by atoms with Crippen LogP contribution in [0, 0.1) is 0 Å². The Bertz CT molecular complexity index is 857. The molecule has 0 saturated carbocycles. The van der Waals surface area contributed by atoms with Gasteiger partial charge in [-0.25, -0.2) is 9.48 Å². The van der Waals surface area contributed by atoms with Gasteiger partial charge in [0.05, 0.1) is 0 Å². The number of nitrogens with one attached hydrogen (secondary N) is 1. The Hall–Kier alpha value is -2.97. The number of benzene rings is 1. The fraction of sp³-hybridized carbons (Fsp3) is 0.526. The maximum Gasteiger partial charge on any atom is 0.321 e. The van der Waals surface area contributed by atoms with Gasteiger partial charge in [-0.3, -0.25) is 4.79 Å². The van der Waals surface area contributed by atoms with Crippen LogP contribution in [0.5, 0.6) is 0 Å². The third kappa shape index (κ3) is 3.69. The topological polar surface area (TPSA) is 96.2 Å². The predicted octanol–water partition coefficient (Wildman–Crippen LogP) is 1.98. The first-order valence-electron chi connectivity index (χ1n) is 9.87. The van der Waals surface area contributed by atoms with Crippen LogP contribution in [-0.2, 0) is 11.3 Å². The van der Waals surface area contributed by atoms with Crippen LogP contribution in [-0.4, -0.2) is 67.6 Å². The number of nitrogens with zero attached hydrogens (tertiary/aromatic N) is 6. The normalized spacial score (nSPS) is 18.0. The van der Waals surface area contributed by atoms with Gasteiger partial charge in [-0.2, -0.15) is 0 Å². The summed E-state index contributed by atoms with van der Waals surface area (Å²) in [4.78, 5) is 28.4. The molecule has 9 nitrogen and oxygen atoms in total. The maximum atomic E-state index is 12.7. The monoisotopic (exact) mass is 383 g/mol. The number of tetrazole rings is 1. The number of likely N-dealkylation sites (tertiary alicyclic amines) is 2. The number of hydrogen-bond donors (Lipinski definition) is 1. The van der Waals surface area contributed by atoms with E-state index in [1.807, 2.05) is 41.0 Å². The Labute approximate surface area is 163 Å². The molecule has 3 heterocycles. The largest absolute Gasteiger partial charge is 0.340 e. The molecule has 1 aromatic heterocycles. The second-order valence-corrected chi connectivity index (χ2v) is 7.24. The van der Waals surface area contributed by atoms with Crippen LogP contribution in [0.15, 0.2) is 24.3 Å². The van der Waals surface area contributed by atoms with Crippen LogP contribution < -0.4 is 5.32 Å². The second-order valence-electron chi connectivity index (χ2n) is 7.24. The number of piperidine rings is 1. The van der Waals surface area contributed by atoms with Gasteiger partial charge in [0, 0.05) is 49.9 Å². The van der Waals surface area contributed by atoms with Gasteiger partial charge in [0.2, 0.25) is 5.91 Å². The number of anilines is 1. The molecule has 0 atom stereocenters. The van der Waals surface area contributed by atoms with Crippen LogP contribution in [0.1, 0.15) is 32.6 Å². The molecule has 28 heavy (non-hydrogen) atoms. The molecule has 0 spiro atoms. The summed E-state index contributed by atoms with van der Waals surface area (Å²) in [5.74, 6) is 0.934. The van der Waals surface area contributed by atoms with Gasteiger partial charge in [-0.1, -0.05) is 12.1 Å². The lowest BCUT2D eigenvalue weighted by Crippen LogP contribution is -2.48. The minimum Gasteiger partial charge on any atom is -0.340 e. The van der Waals surface area contributed by atoms with E-state index in [4.69, 9.17) is 0 Å². The standard InChI is InChI=1S/C19H25N7O2/c1-2-26-18(21-22-23-26)14-5-3-6-15(13-14)20-19(28)24-11-8-16(9-12-24)25-10-4-7-17(25)27/h3,5-6,13,16H,2,4,7-12H2,1H3,(H,20,28). The van der Waals surface area contributed by atoms with E-state index >= 15 is 0 Å². The molecule has 2 aromatic rings. The van der Waals surface area contributed by atoms with Crippen molar-refractivity contribution >= 4 is 17.6 Å². The Morgan fingerprint density at radius 3 is 2.79 bits per heavy atom. The third-order valence-corrected chi connectivity index (χ3v) is 5.51. The first kappa shape index (κ1) is 18.4. The van der Waals surface area contributed by atoms with Crippen molar-refractivity contribution in [3.8, 4) is 11.4 Å². The molecule has 4 rings (SSSR count). The predicted molar refractivity (Wildman–Crippen MR) is 103 cm³/mol. The molecule has 0 aliphatic carbocycles. The molecule has 0 radical (unpaired) electrons. The third-order valence-electron chi connectivity index (χ3n) is 5.51. The van der Waals surface area contributed by atoms with E-state index in [1.54, 1.807) is 4.68 Å². The zero-order valence-electron chi connectivity index (χ0n) is 16.0. The summed E-state index contributed by atoms with van der Waals surface area (Å²) >= 11 is 0. The van der Waals surface area contributed by atoms with Crippen molar-refractivity contribution < 1.29 is 9.59 Å². The molecule has 0 bridgehead atoms. The highest BCUT2D eigenvalue weighted by Gasteiger charge is 2.31. The highest BCUT2D eigenvalue weighted by Crippen LogP contribution is 2.24. The molecule has 2 saturated heterocycles. The molecular weight excluding hydrogens is 358 g/mol. The van der Waals surface area contributed by atoms with E-state index in [-0.39, 0.29) is 18.0 Å². The van der Waals surface area contributed by atoms with Crippen LogP contribution in [0.25, 0.3) is 11.4 Å². The van der Waals surface area contributed by atoms with E-state index < -0.39 is 0 Å². The van der Waals surface area contributed by atoms with E-state index in [2.05, 4.69) is 20.8 Å². The minimum atomic E-state index is -0.113. The van der Waals surface area contributed by atoms with Crippen molar-refractivity contribution in [3.63, 3.8) is 0 Å². The number of urea groups is 1. The van der Waals surface area contributed by atoms with Gasteiger partial charge < -0.3 is 15.1 Å². The van der Waals surface area contributed by atoms with E-state index in [0.717, 1.165) is 31.4 Å². The number of aryl methyl sites for hydroxylation is 1. The number of amides is 3. The number of hydrogen-bond acceptors (Lipinski definition) is 5. The summed E-state index contributed by atoms with van der Waals surface area (Å²) in [5, 5.41) is 14.7. The Kier molecular flexibility index (Phi) is 5.23. The van der Waals surface area contributed by atoms with Crippen LogP contribution in [0.3, 0.4) is 0 Å². The average molecular weight is 383 g/mol. The average Bonchev–Trinajstić information content (AvgIpc) is 3.37. The van der Waals surface area contributed by atoms with Gasteiger partial charge in [0.1, 0.15) is 0 Å². The van der Waals surface area contributed by atoms with Crippen molar-refractivity contribution in [3.05, 3.63) is 24.3 Å². The number of carbonyl (C=O) groups is 2. The second kappa shape index (κ2) is 7.95. The van der Waals surface area contributed by atoms with E-state index in [9.17, 15) is 9.59 Å². The van der Waals surface area contributed by atoms with Gasteiger partial charge in [0.25, 0.3) is 0 Å². The highest BCUT2D eigenvalue weighted by atomic mass is 16.2. The number of carbonyl (C=O) groups excluding carboxylic acids is 2. The minimum absolute atomic E-state index is 0.113. The molecule has 3 amide bonds. The molecule has 2 fully saturated rings. The highest BCUT2D eigenvalue weighted by molar-refractivity contribution is 5.90. The summed E-state index contributed by atoms with van der Waals surface area (Å²) in [5.41, 5.74) is 1.57. The number of aromatic nitrogens is 4. The fourth-order valence-corrected chi connectivity index (χ4v) is 4.00. The first-order chi connectivity index (χ1) is 13.7. The molecule has 0 unspecified atom stereocenters. The van der Waals surface area contributed by atoms with Gasteiger partial charge in [-0.05, 0) is 48.7 Å². The van der Waals surface area contributed by atoms with Crippen molar-refractivity contribution in [2.45, 2.75) is 45.2 Å².